The fourth-order valence-electron chi connectivity index (χ4n) is 4.05. The summed E-state index contributed by atoms with van der Waals surface area (Å²) >= 11 is 0. The SMILES string of the molecule is CC(C)CNC1CCCCC1C1CCCN1C(=O)OC(C)(C)C. The topological polar surface area (TPSA) is 41.6 Å². The van der Waals surface area contributed by atoms with Crippen molar-refractivity contribution in [3.63, 3.8) is 0 Å². The highest BCUT2D eigenvalue weighted by Gasteiger charge is 2.40. The number of likely N-dealkylation sites (tertiary alicyclic amines) is 1. The lowest BCUT2D eigenvalue weighted by atomic mass is 9.78. The van der Waals surface area contributed by atoms with E-state index in [9.17, 15) is 4.79 Å². The van der Waals surface area contributed by atoms with Crippen LogP contribution in [0.25, 0.3) is 0 Å². The molecule has 4 heteroatoms. The number of carbonyl (C=O) groups excluding carboxylic acids is 1. The molecule has 0 spiro atoms. The molecule has 1 aliphatic heterocycles. The van der Waals surface area contributed by atoms with E-state index in [1.54, 1.807) is 0 Å². The van der Waals surface area contributed by atoms with E-state index in [0.717, 1.165) is 25.9 Å². The molecular formula is C19H36N2O2. The number of rotatable bonds is 4. The van der Waals surface area contributed by atoms with Crippen LogP contribution in [0.1, 0.15) is 73.1 Å². The lowest BCUT2D eigenvalue weighted by Gasteiger charge is -2.40. The number of amides is 1. The van der Waals surface area contributed by atoms with Crippen molar-refractivity contribution in [3.8, 4) is 0 Å². The van der Waals surface area contributed by atoms with E-state index in [0.29, 0.717) is 23.9 Å². The van der Waals surface area contributed by atoms with Gasteiger partial charge in [-0.25, -0.2) is 4.79 Å². The minimum atomic E-state index is -0.411. The molecule has 2 aliphatic rings. The maximum atomic E-state index is 12.6. The summed E-state index contributed by atoms with van der Waals surface area (Å²) in [6, 6.07) is 0.911. The molecule has 1 amide bonds. The standard InChI is InChI=1S/C19H36N2O2/c1-14(2)13-20-16-10-7-6-9-15(16)17-11-8-12-21(17)18(22)23-19(3,4)5/h14-17,20H,6-13H2,1-5H3. The second-order valence-corrected chi connectivity index (χ2v) is 8.74. The highest BCUT2D eigenvalue weighted by Crippen LogP contribution is 2.35. The molecule has 2 fully saturated rings. The number of nitrogens with zero attached hydrogens (tertiary/aromatic N) is 1. The van der Waals surface area contributed by atoms with Gasteiger partial charge in [-0.1, -0.05) is 26.7 Å². The first-order chi connectivity index (χ1) is 10.8. The Morgan fingerprint density at radius 2 is 1.87 bits per heavy atom. The number of hydrogen-bond donors (Lipinski definition) is 1. The van der Waals surface area contributed by atoms with Gasteiger partial charge in [-0.15, -0.1) is 0 Å². The monoisotopic (exact) mass is 324 g/mol. The van der Waals surface area contributed by atoms with Crippen LogP contribution in [0, 0.1) is 11.8 Å². The summed E-state index contributed by atoms with van der Waals surface area (Å²) in [5.74, 6) is 1.25. The Morgan fingerprint density at radius 1 is 1.17 bits per heavy atom. The smallest absolute Gasteiger partial charge is 0.410 e. The largest absolute Gasteiger partial charge is 0.444 e. The second-order valence-electron chi connectivity index (χ2n) is 8.74. The van der Waals surface area contributed by atoms with E-state index < -0.39 is 5.60 Å². The normalized spacial score (nSPS) is 29.1. The van der Waals surface area contributed by atoms with Crippen molar-refractivity contribution in [2.75, 3.05) is 13.1 Å². The third-order valence-corrected chi connectivity index (χ3v) is 5.03. The van der Waals surface area contributed by atoms with E-state index in [4.69, 9.17) is 4.74 Å². The summed E-state index contributed by atoms with van der Waals surface area (Å²) in [7, 11) is 0. The van der Waals surface area contributed by atoms with Gasteiger partial charge in [-0.3, -0.25) is 0 Å². The lowest BCUT2D eigenvalue weighted by Crippen LogP contribution is -2.51. The molecule has 0 radical (unpaired) electrons. The molecule has 0 aromatic carbocycles. The van der Waals surface area contributed by atoms with Gasteiger partial charge in [-0.05, 0) is 64.8 Å². The summed E-state index contributed by atoms with van der Waals surface area (Å²) in [5.41, 5.74) is -0.411. The van der Waals surface area contributed by atoms with Crippen molar-refractivity contribution in [2.24, 2.45) is 11.8 Å². The Bertz CT molecular complexity index is 389. The van der Waals surface area contributed by atoms with E-state index in [1.165, 1.54) is 25.7 Å². The Labute approximate surface area is 142 Å². The third kappa shape index (κ3) is 5.37. The van der Waals surface area contributed by atoms with Gasteiger partial charge < -0.3 is 15.0 Å². The third-order valence-electron chi connectivity index (χ3n) is 5.03. The van der Waals surface area contributed by atoms with Gasteiger partial charge in [0.2, 0.25) is 0 Å². The average Bonchev–Trinajstić information content (AvgIpc) is 2.93. The van der Waals surface area contributed by atoms with Gasteiger partial charge in [0.25, 0.3) is 0 Å². The van der Waals surface area contributed by atoms with E-state index in [-0.39, 0.29) is 6.09 Å². The quantitative estimate of drug-likeness (QED) is 0.843. The molecule has 1 saturated carbocycles. The molecule has 3 atom stereocenters. The zero-order chi connectivity index (χ0) is 17.0. The Morgan fingerprint density at radius 3 is 2.52 bits per heavy atom. The fraction of sp³-hybridized carbons (Fsp3) is 0.947. The molecule has 1 heterocycles. The first kappa shape index (κ1) is 18.6. The van der Waals surface area contributed by atoms with Crippen LogP contribution < -0.4 is 5.32 Å². The summed E-state index contributed by atoms with van der Waals surface area (Å²) in [6.45, 7) is 12.3. The molecule has 134 valence electrons. The van der Waals surface area contributed by atoms with Crippen LogP contribution in [0.15, 0.2) is 0 Å². The van der Waals surface area contributed by atoms with E-state index in [1.807, 2.05) is 25.7 Å². The van der Waals surface area contributed by atoms with Gasteiger partial charge in [0.1, 0.15) is 5.60 Å². The average molecular weight is 325 g/mol. The number of hydrogen-bond acceptors (Lipinski definition) is 3. The molecule has 2 rings (SSSR count). The summed E-state index contributed by atoms with van der Waals surface area (Å²) < 4.78 is 5.64. The first-order valence-electron chi connectivity index (χ1n) is 9.51. The maximum Gasteiger partial charge on any atom is 0.410 e. The van der Waals surface area contributed by atoms with Crippen LogP contribution in [-0.4, -0.2) is 41.8 Å². The Balaban J connectivity index is 2.02. The minimum absolute atomic E-state index is 0.117. The summed E-state index contributed by atoms with van der Waals surface area (Å²) in [5, 5.41) is 3.78. The van der Waals surface area contributed by atoms with Crippen molar-refractivity contribution in [1.29, 1.82) is 0 Å². The highest BCUT2D eigenvalue weighted by atomic mass is 16.6. The predicted molar refractivity (Wildman–Crippen MR) is 94.5 cm³/mol. The van der Waals surface area contributed by atoms with E-state index >= 15 is 0 Å². The number of nitrogens with one attached hydrogen (secondary N) is 1. The molecule has 0 aromatic heterocycles. The first-order valence-corrected chi connectivity index (χ1v) is 9.51. The van der Waals surface area contributed by atoms with Crippen molar-refractivity contribution in [1.82, 2.24) is 10.2 Å². The van der Waals surface area contributed by atoms with Gasteiger partial charge in [-0.2, -0.15) is 0 Å². The van der Waals surface area contributed by atoms with Crippen molar-refractivity contribution >= 4 is 6.09 Å². The molecule has 4 nitrogen and oxygen atoms in total. The van der Waals surface area contributed by atoms with Crippen LogP contribution in [-0.2, 0) is 4.74 Å². The predicted octanol–water partition coefficient (Wildman–Crippen LogP) is 4.19. The Kier molecular flexibility index (Phi) is 6.35. The highest BCUT2D eigenvalue weighted by molar-refractivity contribution is 5.69. The molecule has 0 aromatic rings. The number of carbonyl (C=O) groups is 1. The second kappa shape index (κ2) is 7.87. The van der Waals surface area contributed by atoms with Gasteiger partial charge in [0.05, 0.1) is 0 Å². The van der Waals surface area contributed by atoms with Gasteiger partial charge in [0.15, 0.2) is 0 Å². The van der Waals surface area contributed by atoms with Crippen LogP contribution in [0.2, 0.25) is 0 Å². The van der Waals surface area contributed by atoms with Crippen LogP contribution >= 0.6 is 0 Å². The summed E-state index contributed by atoms with van der Waals surface area (Å²) in [6.07, 6.45) is 7.21. The van der Waals surface area contributed by atoms with Gasteiger partial charge >= 0.3 is 6.09 Å². The van der Waals surface area contributed by atoms with Crippen LogP contribution in [0.4, 0.5) is 4.79 Å². The van der Waals surface area contributed by atoms with Crippen molar-refractivity contribution in [2.45, 2.75) is 90.8 Å². The zero-order valence-corrected chi connectivity index (χ0v) is 15.7. The molecule has 1 aliphatic carbocycles. The molecule has 1 saturated heterocycles. The van der Waals surface area contributed by atoms with Crippen LogP contribution in [0.5, 0.6) is 0 Å². The Hall–Kier alpha value is -0.770. The van der Waals surface area contributed by atoms with Crippen molar-refractivity contribution < 1.29 is 9.53 Å². The zero-order valence-electron chi connectivity index (χ0n) is 15.7. The maximum absolute atomic E-state index is 12.6. The van der Waals surface area contributed by atoms with E-state index in [2.05, 4.69) is 19.2 Å². The molecule has 23 heavy (non-hydrogen) atoms. The van der Waals surface area contributed by atoms with Crippen molar-refractivity contribution in [3.05, 3.63) is 0 Å². The summed E-state index contributed by atoms with van der Waals surface area (Å²) in [4.78, 5) is 14.6. The molecule has 0 bridgehead atoms. The molecular weight excluding hydrogens is 288 g/mol. The van der Waals surface area contributed by atoms with Gasteiger partial charge in [0, 0.05) is 18.6 Å². The van der Waals surface area contributed by atoms with Crippen LogP contribution in [0.3, 0.4) is 0 Å². The lowest BCUT2D eigenvalue weighted by molar-refractivity contribution is 0.0132. The fourth-order valence-corrected chi connectivity index (χ4v) is 4.05. The molecule has 3 unspecified atom stereocenters. The number of ether oxygens (including phenoxy) is 1. The molecule has 1 N–H and O–H groups in total. The minimum Gasteiger partial charge on any atom is -0.444 e.